The molecule has 0 aromatic carbocycles. The first-order chi connectivity index (χ1) is 9.04. The van der Waals surface area contributed by atoms with Crippen LogP contribution in [0.5, 0.6) is 0 Å². The Morgan fingerprint density at radius 3 is 2.89 bits per heavy atom. The van der Waals surface area contributed by atoms with E-state index in [1.54, 1.807) is 7.05 Å². The van der Waals surface area contributed by atoms with E-state index in [1.807, 2.05) is 11.4 Å². The summed E-state index contributed by atoms with van der Waals surface area (Å²) in [6, 6.07) is 1.91. The van der Waals surface area contributed by atoms with E-state index >= 15 is 0 Å². The SMILES string of the molecule is CN(Cc1cc(C#CCCO)cs1)S(=O)(=O)C1CC1. The summed E-state index contributed by atoms with van der Waals surface area (Å²) in [5.41, 5.74) is 0.880. The maximum Gasteiger partial charge on any atom is 0.217 e. The van der Waals surface area contributed by atoms with Crippen molar-refractivity contribution in [2.75, 3.05) is 13.7 Å². The van der Waals surface area contributed by atoms with Gasteiger partial charge < -0.3 is 5.11 Å². The second-order valence-corrected chi connectivity index (χ2v) is 7.89. The Kier molecular flexibility index (Phi) is 4.63. The van der Waals surface area contributed by atoms with E-state index in [0.29, 0.717) is 13.0 Å². The van der Waals surface area contributed by atoms with Gasteiger partial charge in [0.05, 0.1) is 11.9 Å². The molecule has 0 spiro atoms. The first-order valence-electron chi connectivity index (χ1n) is 6.16. The van der Waals surface area contributed by atoms with Gasteiger partial charge in [0.2, 0.25) is 10.0 Å². The second-order valence-electron chi connectivity index (χ2n) is 4.58. The molecule has 4 nitrogen and oxygen atoms in total. The van der Waals surface area contributed by atoms with E-state index < -0.39 is 10.0 Å². The van der Waals surface area contributed by atoms with Crippen molar-refractivity contribution in [2.45, 2.75) is 31.1 Å². The van der Waals surface area contributed by atoms with Crippen molar-refractivity contribution in [3.05, 3.63) is 21.9 Å². The molecule has 6 heteroatoms. The van der Waals surface area contributed by atoms with Gasteiger partial charge in [0.1, 0.15) is 0 Å². The number of hydrogen-bond acceptors (Lipinski definition) is 4. The molecule has 104 valence electrons. The van der Waals surface area contributed by atoms with Gasteiger partial charge in [-0.15, -0.1) is 11.3 Å². The number of sulfonamides is 1. The van der Waals surface area contributed by atoms with Crippen LogP contribution in [-0.2, 0) is 16.6 Å². The average Bonchev–Trinajstić information content (AvgIpc) is 3.13. The molecule has 0 radical (unpaired) electrons. The second kappa shape index (κ2) is 6.06. The van der Waals surface area contributed by atoms with Gasteiger partial charge in [0, 0.05) is 35.8 Å². The fraction of sp³-hybridized carbons (Fsp3) is 0.538. The van der Waals surface area contributed by atoms with Crippen LogP contribution in [0.4, 0.5) is 0 Å². The molecule has 0 aliphatic heterocycles. The van der Waals surface area contributed by atoms with Crippen LogP contribution in [0.3, 0.4) is 0 Å². The number of nitrogens with zero attached hydrogens (tertiary/aromatic N) is 1. The van der Waals surface area contributed by atoms with E-state index in [1.165, 1.54) is 15.6 Å². The van der Waals surface area contributed by atoms with Crippen LogP contribution in [0.25, 0.3) is 0 Å². The number of aliphatic hydroxyl groups is 1. The number of hydrogen-bond donors (Lipinski definition) is 1. The standard InChI is InChI=1S/C13H17NO3S2/c1-14(19(16,17)13-5-6-13)9-12-8-11(10-18-12)4-2-3-7-15/h8,10,13,15H,3,5-7,9H2,1H3. The van der Waals surface area contributed by atoms with Crippen molar-refractivity contribution in [2.24, 2.45) is 0 Å². The van der Waals surface area contributed by atoms with Crippen LogP contribution in [0.2, 0.25) is 0 Å². The third-order valence-corrected chi connectivity index (χ3v) is 6.12. The molecular weight excluding hydrogens is 282 g/mol. The predicted molar refractivity (Wildman–Crippen MR) is 76.3 cm³/mol. The number of aliphatic hydroxyl groups excluding tert-OH is 1. The summed E-state index contributed by atoms with van der Waals surface area (Å²) in [6.45, 7) is 0.470. The summed E-state index contributed by atoms with van der Waals surface area (Å²) in [6.07, 6.45) is 2.03. The van der Waals surface area contributed by atoms with Gasteiger partial charge in [-0.2, -0.15) is 4.31 Å². The zero-order valence-corrected chi connectivity index (χ0v) is 12.4. The smallest absolute Gasteiger partial charge is 0.217 e. The number of rotatable bonds is 5. The molecule has 1 heterocycles. The molecule has 1 aliphatic rings. The molecular formula is C13H17NO3S2. The van der Waals surface area contributed by atoms with E-state index in [4.69, 9.17) is 5.11 Å². The maximum absolute atomic E-state index is 12.0. The Balaban J connectivity index is 1.98. The van der Waals surface area contributed by atoms with Crippen LogP contribution in [-0.4, -0.2) is 36.7 Å². The maximum atomic E-state index is 12.0. The summed E-state index contributed by atoms with van der Waals surface area (Å²) in [7, 11) is -1.48. The highest BCUT2D eigenvalue weighted by Crippen LogP contribution is 2.31. The molecule has 0 unspecified atom stereocenters. The van der Waals surface area contributed by atoms with Gasteiger partial charge in [0.15, 0.2) is 0 Å². The summed E-state index contributed by atoms with van der Waals surface area (Å²) in [4.78, 5) is 0.986. The summed E-state index contributed by atoms with van der Waals surface area (Å²) in [5.74, 6) is 5.80. The van der Waals surface area contributed by atoms with Gasteiger partial charge >= 0.3 is 0 Å². The van der Waals surface area contributed by atoms with Crippen molar-refractivity contribution in [3.8, 4) is 11.8 Å². The minimum absolute atomic E-state index is 0.0619. The minimum Gasteiger partial charge on any atom is -0.395 e. The van der Waals surface area contributed by atoms with E-state index in [0.717, 1.165) is 23.3 Å². The topological polar surface area (TPSA) is 57.6 Å². The van der Waals surface area contributed by atoms with Crippen LogP contribution < -0.4 is 0 Å². The minimum atomic E-state index is -3.10. The molecule has 0 saturated heterocycles. The first kappa shape index (κ1) is 14.5. The molecule has 0 atom stereocenters. The summed E-state index contributed by atoms with van der Waals surface area (Å²) in [5, 5.41) is 10.4. The molecule has 19 heavy (non-hydrogen) atoms. The van der Waals surface area contributed by atoms with Crippen molar-refractivity contribution >= 4 is 21.4 Å². The Morgan fingerprint density at radius 2 is 2.26 bits per heavy atom. The summed E-state index contributed by atoms with van der Waals surface area (Å²) < 4.78 is 25.4. The zero-order valence-electron chi connectivity index (χ0n) is 10.8. The molecule has 1 aromatic heterocycles. The van der Waals surface area contributed by atoms with Gasteiger partial charge in [-0.3, -0.25) is 0 Å². The molecule has 2 rings (SSSR count). The van der Waals surface area contributed by atoms with Gasteiger partial charge in [-0.05, 0) is 18.9 Å². The largest absolute Gasteiger partial charge is 0.395 e. The average molecular weight is 299 g/mol. The van der Waals surface area contributed by atoms with Crippen molar-refractivity contribution in [1.82, 2.24) is 4.31 Å². The highest BCUT2D eigenvalue weighted by molar-refractivity contribution is 7.90. The van der Waals surface area contributed by atoms with Crippen LogP contribution >= 0.6 is 11.3 Å². The molecule has 1 N–H and O–H groups in total. The van der Waals surface area contributed by atoms with Crippen molar-refractivity contribution < 1.29 is 13.5 Å². The van der Waals surface area contributed by atoms with Gasteiger partial charge in [-0.1, -0.05) is 11.8 Å². The molecule has 1 aromatic rings. The van der Waals surface area contributed by atoms with Crippen molar-refractivity contribution in [3.63, 3.8) is 0 Å². The molecule has 1 aliphatic carbocycles. The molecule has 1 fully saturated rings. The monoisotopic (exact) mass is 299 g/mol. The lowest BCUT2D eigenvalue weighted by Crippen LogP contribution is -2.29. The summed E-state index contributed by atoms with van der Waals surface area (Å²) >= 11 is 1.51. The Morgan fingerprint density at radius 1 is 1.53 bits per heavy atom. The third kappa shape index (κ3) is 3.80. The normalized spacial score (nSPS) is 15.3. The quantitative estimate of drug-likeness (QED) is 0.836. The molecule has 0 amide bonds. The van der Waals surface area contributed by atoms with Gasteiger partial charge in [0.25, 0.3) is 0 Å². The Bertz CT molecular complexity index is 591. The fourth-order valence-corrected chi connectivity index (χ4v) is 4.19. The lowest BCUT2D eigenvalue weighted by molar-refractivity contribution is 0.305. The van der Waals surface area contributed by atoms with Crippen LogP contribution in [0.1, 0.15) is 29.7 Å². The van der Waals surface area contributed by atoms with Crippen molar-refractivity contribution in [1.29, 1.82) is 0 Å². The molecule has 1 saturated carbocycles. The first-order valence-corrected chi connectivity index (χ1v) is 8.54. The Hall–Kier alpha value is -0.870. The number of thiophene rings is 1. The predicted octanol–water partition coefficient (Wildman–Crippen LogP) is 1.41. The molecule has 0 bridgehead atoms. The van der Waals surface area contributed by atoms with E-state index in [9.17, 15) is 8.42 Å². The lowest BCUT2D eigenvalue weighted by Gasteiger charge is -2.15. The van der Waals surface area contributed by atoms with Crippen LogP contribution in [0, 0.1) is 11.8 Å². The highest BCUT2D eigenvalue weighted by Gasteiger charge is 2.38. The van der Waals surface area contributed by atoms with Gasteiger partial charge in [-0.25, -0.2) is 8.42 Å². The third-order valence-electron chi connectivity index (χ3n) is 2.88. The fourth-order valence-electron chi connectivity index (χ4n) is 1.68. The van der Waals surface area contributed by atoms with Crippen LogP contribution in [0.15, 0.2) is 11.4 Å². The zero-order chi connectivity index (χ0) is 13.9. The lowest BCUT2D eigenvalue weighted by atomic mass is 10.3. The Labute approximate surface area is 118 Å². The highest BCUT2D eigenvalue weighted by atomic mass is 32.2. The van der Waals surface area contributed by atoms with E-state index in [-0.39, 0.29) is 11.9 Å². The van der Waals surface area contributed by atoms with E-state index in [2.05, 4.69) is 11.8 Å².